The highest BCUT2D eigenvalue weighted by Crippen LogP contribution is 2.32. The van der Waals surface area contributed by atoms with E-state index in [0.29, 0.717) is 35.1 Å². The Labute approximate surface area is 145 Å². The summed E-state index contributed by atoms with van der Waals surface area (Å²) in [5.41, 5.74) is 2.69. The van der Waals surface area contributed by atoms with Gasteiger partial charge < -0.3 is 10.6 Å². The van der Waals surface area contributed by atoms with E-state index in [9.17, 15) is 13.2 Å². The normalized spacial score (nSPS) is 13.5. The highest BCUT2D eigenvalue weighted by Gasteiger charge is 2.26. The lowest BCUT2D eigenvalue weighted by Crippen LogP contribution is -2.27. The summed E-state index contributed by atoms with van der Waals surface area (Å²) in [7, 11) is -3.32. The van der Waals surface area contributed by atoms with Crippen molar-refractivity contribution in [2.75, 3.05) is 27.7 Å². The Morgan fingerprint density at radius 1 is 1.08 bits per heavy atom. The first kappa shape index (κ1) is 16.6. The predicted molar refractivity (Wildman–Crippen MR) is 96.4 cm³/mol. The van der Waals surface area contributed by atoms with Crippen molar-refractivity contribution in [1.82, 2.24) is 0 Å². The smallest absolute Gasteiger partial charge is 0.308 e. The topological polar surface area (TPSA) is 78.5 Å². The zero-order chi connectivity index (χ0) is 17.3. The van der Waals surface area contributed by atoms with E-state index in [1.165, 1.54) is 10.6 Å². The van der Waals surface area contributed by atoms with E-state index in [1.807, 2.05) is 6.07 Å². The van der Waals surface area contributed by atoms with Crippen molar-refractivity contribution in [3.8, 4) is 0 Å². The minimum absolute atomic E-state index is 0.416. The lowest BCUT2D eigenvalue weighted by Gasteiger charge is -2.17. The molecule has 2 amide bonds. The van der Waals surface area contributed by atoms with Gasteiger partial charge in [-0.1, -0.05) is 17.7 Å². The Morgan fingerprint density at radius 3 is 2.38 bits per heavy atom. The van der Waals surface area contributed by atoms with Gasteiger partial charge in [-0.3, -0.25) is 4.31 Å². The fraction of sp³-hybridized carbons (Fsp3) is 0.188. The van der Waals surface area contributed by atoms with Crippen molar-refractivity contribution in [3.63, 3.8) is 0 Å². The number of rotatable bonds is 3. The van der Waals surface area contributed by atoms with Gasteiger partial charge in [-0.15, -0.1) is 0 Å². The monoisotopic (exact) mass is 365 g/mol. The molecule has 0 bridgehead atoms. The van der Waals surface area contributed by atoms with Crippen molar-refractivity contribution in [2.24, 2.45) is 0 Å². The summed E-state index contributed by atoms with van der Waals surface area (Å²) in [6.45, 7) is 0.425. The number of sulfonamides is 1. The number of carbonyl (C=O) groups excluding carboxylic acids is 1. The minimum Gasteiger partial charge on any atom is -0.308 e. The first-order chi connectivity index (χ1) is 11.3. The largest absolute Gasteiger partial charge is 0.323 e. The van der Waals surface area contributed by atoms with Gasteiger partial charge in [0.25, 0.3) is 0 Å². The summed E-state index contributed by atoms with van der Waals surface area (Å²) >= 11 is 5.80. The molecule has 6 nitrogen and oxygen atoms in total. The fourth-order valence-corrected chi connectivity index (χ4v) is 3.67. The van der Waals surface area contributed by atoms with Crippen molar-refractivity contribution in [1.29, 1.82) is 0 Å². The average molecular weight is 366 g/mol. The maximum Gasteiger partial charge on any atom is 0.323 e. The van der Waals surface area contributed by atoms with Gasteiger partial charge in [0.15, 0.2) is 0 Å². The van der Waals surface area contributed by atoms with Crippen molar-refractivity contribution in [3.05, 3.63) is 53.1 Å². The van der Waals surface area contributed by atoms with Crippen LogP contribution in [0, 0.1) is 0 Å². The second-order valence-electron chi connectivity index (χ2n) is 5.51. The zero-order valence-electron chi connectivity index (χ0n) is 12.9. The van der Waals surface area contributed by atoms with E-state index in [1.54, 1.807) is 36.4 Å². The second kappa shape index (κ2) is 6.33. The van der Waals surface area contributed by atoms with Crippen LogP contribution in [0.25, 0.3) is 0 Å². The molecule has 0 aliphatic carbocycles. The molecule has 0 aromatic heterocycles. The number of hydrogen-bond donors (Lipinski definition) is 2. The number of urea groups is 1. The van der Waals surface area contributed by atoms with Gasteiger partial charge in [-0.25, -0.2) is 13.2 Å². The number of nitrogens with zero attached hydrogens (tertiary/aromatic N) is 1. The van der Waals surface area contributed by atoms with Gasteiger partial charge >= 0.3 is 6.03 Å². The number of nitrogens with one attached hydrogen (secondary N) is 2. The quantitative estimate of drug-likeness (QED) is 0.875. The number of benzene rings is 2. The molecule has 0 radical (unpaired) electrons. The van der Waals surface area contributed by atoms with Crippen LogP contribution in [0.2, 0.25) is 5.02 Å². The van der Waals surface area contributed by atoms with Crippen LogP contribution in [-0.2, 0) is 16.4 Å². The molecule has 126 valence electrons. The molecule has 1 aliphatic rings. The fourth-order valence-electron chi connectivity index (χ4n) is 2.60. The summed E-state index contributed by atoms with van der Waals surface area (Å²) in [5, 5.41) is 5.97. The molecule has 8 heteroatoms. The number of carbonyl (C=O) groups is 1. The van der Waals surface area contributed by atoms with Crippen LogP contribution in [0.5, 0.6) is 0 Å². The molecule has 0 fully saturated rings. The number of hydrogen-bond acceptors (Lipinski definition) is 3. The standard InChI is InChI=1S/C16H16ClN3O3S/c1-24(22,23)20-9-8-11-2-5-14(10-15(11)20)19-16(21)18-13-6-3-12(17)4-7-13/h2-7,10H,8-9H2,1H3,(H2,18,19,21). The number of anilines is 3. The molecular weight excluding hydrogens is 350 g/mol. The molecule has 2 aromatic carbocycles. The molecule has 2 N–H and O–H groups in total. The van der Waals surface area contributed by atoms with E-state index >= 15 is 0 Å². The number of halogens is 1. The number of fused-ring (bicyclic) bond motifs is 1. The third-order valence-corrected chi connectivity index (χ3v) is 5.13. The molecule has 0 saturated heterocycles. The Kier molecular flexibility index (Phi) is 4.38. The SMILES string of the molecule is CS(=O)(=O)N1CCc2ccc(NC(=O)Nc3ccc(Cl)cc3)cc21. The Hall–Kier alpha value is -2.25. The maximum absolute atomic E-state index is 12.1. The summed E-state index contributed by atoms with van der Waals surface area (Å²) in [6.07, 6.45) is 1.84. The van der Waals surface area contributed by atoms with Gasteiger partial charge in [0, 0.05) is 22.9 Å². The maximum atomic E-state index is 12.1. The number of amides is 2. The second-order valence-corrected chi connectivity index (χ2v) is 7.86. The van der Waals surface area contributed by atoms with Gasteiger partial charge in [-0.05, 0) is 48.4 Å². The van der Waals surface area contributed by atoms with Crippen LogP contribution >= 0.6 is 11.6 Å². The molecule has 0 atom stereocenters. The molecule has 24 heavy (non-hydrogen) atoms. The van der Waals surface area contributed by atoms with Gasteiger partial charge in [-0.2, -0.15) is 0 Å². The summed E-state index contributed by atoms with van der Waals surface area (Å²) in [4.78, 5) is 12.1. The van der Waals surface area contributed by atoms with Crippen LogP contribution in [0.1, 0.15) is 5.56 Å². The van der Waals surface area contributed by atoms with Crippen LogP contribution in [0.15, 0.2) is 42.5 Å². The molecule has 1 heterocycles. The molecule has 0 unspecified atom stereocenters. The van der Waals surface area contributed by atoms with Crippen LogP contribution in [0.4, 0.5) is 21.9 Å². The third-order valence-electron chi connectivity index (χ3n) is 3.70. The molecule has 1 aliphatic heterocycles. The van der Waals surface area contributed by atoms with E-state index in [4.69, 9.17) is 11.6 Å². The van der Waals surface area contributed by atoms with E-state index < -0.39 is 16.1 Å². The lowest BCUT2D eigenvalue weighted by molar-refractivity contribution is 0.262. The van der Waals surface area contributed by atoms with Crippen molar-refractivity contribution in [2.45, 2.75) is 6.42 Å². The zero-order valence-corrected chi connectivity index (χ0v) is 14.5. The molecule has 2 aromatic rings. The van der Waals surface area contributed by atoms with E-state index in [2.05, 4.69) is 10.6 Å². The predicted octanol–water partition coefficient (Wildman–Crippen LogP) is 3.31. The van der Waals surface area contributed by atoms with Crippen LogP contribution in [0.3, 0.4) is 0 Å². The van der Waals surface area contributed by atoms with Gasteiger partial charge in [0.2, 0.25) is 10.0 Å². The first-order valence-electron chi connectivity index (χ1n) is 7.27. The van der Waals surface area contributed by atoms with Crippen molar-refractivity contribution < 1.29 is 13.2 Å². The van der Waals surface area contributed by atoms with E-state index in [0.717, 1.165) is 5.56 Å². The van der Waals surface area contributed by atoms with Crippen LogP contribution < -0.4 is 14.9 Å². The molecule has 0 spiro atoms. The third kappa shape index (κ3) is 3.63. The van der Waals surface area contributed by atoms with Crippen molar-refractivity contribution >= 4 is 44.7 Å². The van der Waals surface area contributed by atoms with Crippen LogP contribution in [-0.4, -0.2) is 27.2 Å². The van der Waals surface area contributed by atoms with Gasteiger partial charge in [0.05, 0.1) is 11.9 Å². The Morgan fingerprint density at radius 2 is 1.71 bits per heavy atom. The lowest BCUT2D eigenvalue weighted by atomic mass is 10.1. The molecule has 0 saturated carbocycles. The summed E-state index contributed by atoms with van der Waals surface area (Å²) in [5.74, 6) is 0. The molecule has 3 rings (SSSR count). The minimum atomic E-state index is -3.32. The Bertz CT molecular complexity index is 882. The van der Waals surface area contributed by atoms with Gasteiger partial charge in [0.1, 0.15) is 0 Å². The summed E-state index contributed by atoms with van der Waals surface area (Å²) in [6, 6.07) is 11.6. The first-order valence-corrected chi connectivity index (χ1v) is 9.50. The van der Waals surface area contributed by atoms with E-state index in [-0.39, 0.29) is 0 Å². The highest BCUT2D eigenvalue weighted by atomic mass is 35.5. The highest BCUT2D eigenvalue weighted by molar-refractivity contribution is 7.92. The molecular formula is C16H16ClN3O3S. The summed E-state index contributed by atoms with van der Waals surface area (Å²) < 4.78 is 25.0. The Balaban J connectivity index is 1.74. The average Bonchev–Trinajstić information content (AvgIpc) is 2.93.